The highest BCUT2D eigenvalue weighted by Gasteiger charge is 2.20. The molecule has 0 radical (unpaired) electrons. The molecule has 1 aromatic rings. The number of likely N-dealkylation sites (tertiary alicyclic amines) is 1. The molecule has 3 nitrogen and oxygen atoms in total. The summed E-state index contributed by atoms with van der Waals surface area (Å²) in [6.45, 7) is 2.22. The van der Waals surface area contributed by atoms with E-state index in [0.717, 1.165) is 36.5 Å². The Morgan fingerprint density at radius 3 is 2.55 bits per heavy atom. The molecule has 1 fully saturated rings. The molecule has 1 aliphatic heterocycles. The van der Waals surface area contributed by atoms with E-state index in [1.165, 1.54) is 49.0 Å². The van der Waals surface area contributed by atoms with E-state index < -0.39 is 0 Å². The van der Waals surface area contributed by atoms with Crippen LogP contribution in [0.15, 0.2) is 4.99 Å². The van der Waals surface area contributed by atoms with E-state index in [1.807, 2.05) is 6.34 Å². The van der Waals surface area contributed by atoms with Crippen LogP contribution < -0.4 is 0 Å². The largest absolute Gasteiger partial charge is 0.363 e. The molecular weight excluding hydrogens is 266 g/mol. The Balaban J connectivity index is 1.79. The molecule has 2 heterocycles. The van der Waals surface area contributed by atoms with Crippen LogP contribution in [0.2, 0.25) is 0 Å². The van der Waals surface area contributed by atoms with Crippen LogP contribution >= 0.6 is 11.3 Å². The predicted molar refractivity (Wildman–Crippen MR) is 83.9 cm³/mol. The summed E-state index contributed by atoms with van der Waals surface area (Å²) < 4.78 is 0. The maximum Gasteiger partial charge on any atom is 0.136 e. The van der Waals surface area contributed by atoms with Crippen molar-refractivity contribution in [1.29, 1.82) is 5.26 Å². The first-order chi connectivity index (χ1) is 9.88. The molecule has 0 N–H and O–H groups in total. The topological polar surface area (TPSA) is 39.4 Å². The van der Waals surface area contributed by atoms with E-state index in [9.17, 15) is 5.26 Å². The second-order valence-corrected chi connectivity index (χ2v) is 6.78. The van der Waals surface area contributed by atoms with Crippen molar-refractivity contribution in [3.05, 3.63) is 16.0 Å². The minimum atomic E-state index is 0.843. The van der Waals surface area contributed by atoms with E-state index in [1.54, 1.807) is 11.3 Å². The minimum absolute atomic E-state index is 0.843. The molecule has 0 aromatic carbocycles. The van der Waals surface area contributed by atoms with Gasteiger partial charge in [0.15, 0.2) is 0 Å². The fourth-order valence-corrected chi connectivity index (χ4v) is 4.28. The van der Waals surface area contributed by atoms with Crippen LogP contribution in [0.25, 0.3) is 0 Å². The smallest absolute Gasteiger partial charge is 0.136 e. The third kappa shape index (κ3) is 2.88. The summed E-state index contributed by atoms with van der Waals surface area (Å²) in [5.74, 6) is 0. The predicted octanol–water partition coefficient (Wildman–Crippen LogP) is 4.03. The summed E-state index contributed by atoms with van der Waals surface area (Å²) in [4.78, 5) is 8.36. The molecule has 106 valence electrons. The monoisotopic (exact) mass is 287 g/mol. The number of aryl methyl sites for hydroxylation is 1. The summed E-state index contributed by atoms with van der Waals surface area (Å²) in [5, 5.41) is 10.3. The van der Waals surface area contributed by atoms with E-state index in [4.69, 9.17) is 0 Å². The van der Waals surface area contributed by atoms with Gasteiger partial charge in [0.1, 0.15) is 11.1 Å². The number of fused-ring (bicyclic) bond motifs is 1. The Morgan fingerprint density at radius 2 is 1.80 bits per heavy atom. The third-order valence-corrected chi connectivity index (χ3v) is 5.44. The second kappa shape index (κ2) is 6.41. The summed E-state index contributed by atoms with van der Waals surface area (Å²) in [6.07, 6.45) is 11.8. The lowest BCUT2D eigenvalue weighted by molar-refractivity contribution is 0.448. The standard InChI is InChI=1S/C16H21N3S/c17-11-14-13-7-3-4-8-15(13)20-16(14)18-12-19-9-5-1-2-6-10-19/h12H,1-10H2/b18-12+. The van der Waals surface area contributed by atoms with Gasteiger partial charge in [-0.15, -0.1) is 11.3 Å². The number of hydrogen-bond donors (Lipinski definition) is 0. The van der Waals surface area contributed by atoms with Crippen molar-refractivity contribution in [2.75, 3.05) is 13.1 Å². The highest BCUT2D eigenvalue weighted by molar-refractivity contribution is 7.16. The zero-order valence-electron chi connectivity index (χ0n) is 11.9. The zero-order chi connectivity index (χ0) is 13.8. The first kappa shape index (κ1) is 13.6. The fourth-order valence-electron chi connectivity index (χ4n) is 3.10. The molecule has 4 heteroatoms. The van der Waals surface area contributed by atoms with Gasteiger partial charge >= 0.3 is 0 Å². The zero-order valence-corrected chi connectivity index (χ0v) is 12.7. The van der Waals surface area contributed by atoms with Gasteiger partial charge in [-0.2, -0.15) is 5.26 Å². The molecule has 20 heavy (non-hydrogen) atoms. The van der Waals surface area contributed by atoms with Crippen molar-refractivity contribution in [2.45, 2.75) is 51.4 Å². The Hall–Kier alpha value is -1.34. The third-order valence-electron chi connectivity index (χ3n) is 4.24. The van der Waals surface area contributed by atoms with Gasteiger partial charge in [0.05, 0.1) is 11.9 Å². The first-order valence-corrected chi connectivity index (χ1v) is 8.53. The summed E-state index contributed by atoms with van der Waals surface area (Å²) >= 11 is 1.73. The highest BCUT2D eigenvalue weighted by atomic mass is 32.1. The second-order valence-electron chi connectivity index (χ2n) is 5.70. The lowest BCUT2D eigenvalue weighted by Crippen LogP contribution is -2.22. The molecule has 0 amide bonds. The number of aliphatic imine (C=N–C) groups is 1. The van der Waals surface area contributed by atoms with Crippen LogP contribution in [0.4, 0.5) is 5.00 Å². The van der Waals surface area contributed by atoms with Gasteiger partial charge in [0, 0.05) is 18.0 Å². The van der Waals surface area contributed by atoms with Crippen LogP contribution in [-0.2, 0) is 12.8 Å². The quantitative estimate of drug-likeness (QED) is 0.608. The molecule has 0 unspecified atom stereocenters. The summed E-state index contributed by atoms with van der Waals surface area (Å²) in [7, 11) is 0. The average molecular weight is 287 g/mol. The van der Waals surface area contributed by atoms with Crippen molar-refractivity contribution in [3.8, 4) is 6.07 Å². The van der Waals surface area contributed by atoms with E-state index in [0.29, 0.717) is 0 Å². The Labute approximate surface area is 124 Å². The van der Waals surface area contributed by atoms with Crippen LogP contribution in [-0.4, -0.2) is 24.3 Å². The van der Waals surface area contributed by atoms with Crippen LogP contribution in [0.5, 0.6) is 0 Å². The van der Waals surface area contributed by atoms with Crippen molar-refractivity contribution >= 4 is 22.7 Å². The SMILES string of the molecule is N#Cc1c(/N=C/N2CCCCCC2)sc2c1CCCC2. The van der Waals surface area contributed by atoms with Gasteiger partial charge in [-0.1, -0.05) is 12.8 Å². The molecule has 2 aliphatic rings. The molecular formula is C16H21N3S. The maximum atomic E-state index is 9.41. The van der Waals surface area contributed by atoms with Crippen LogP contribution in [0.3, 0.4) is 0 Å². The van der Waals surface area contributed by atoms with E-state index in [2.05, 4.69) is 16.0 Å². The van der Waals surface area contributed by atoms with Crippen molar-refractivity contribution in [1.82, 2.24) is 4.90 Å². The van der Waals surface area contributed by atoms with Gasteiger partial charge in [-0.05, 0) is 44.1 Å². The molecule has 0 spiro atoms. The number of hydrogen-bond acceptors (Lipinski definition) is 3. The van der Waals surface area contributed by atoms with Crippen molar-refractivity contribution in [3.63, 3.8) is 0 Å². The number of nitrogens with zero attached hydrogens (tertiary/aromatic N) is 3. The van der Waals surface area contributed by atoms with Gasteiger partial charge in [0.2, 0.25) is 0 Å². The molecule has 3 rings (SSSR count). The summed E-state index contributed by atoms with van der Waals surface area (Å²) in [6, 6.07) is 2.38. The fraction of sp³-hybridized carbons (Fsp3) is 0.625. The molecule has 0 bridgehead atoms. The van der Waals surface area contributed by atoms with E-state index in [-0.39, 0.29) is 0 Å². The number of rotatable bonds is 2. The first-order valence-electron chi connectivity index (χ1n) is 7.71. The van der Waals surface area contributed by atoms with Gasteiger partial charge in [-0.3, -0.25) is 0 Å². The normalized spacial score (nSPS) is 19.6. The molecule has 0 saturated carbocycles. The Bertz CT molecular complexity index is 531. The van der Waals surface area contributed by atoms with Crippen molar-refractivity contribution in [2.24, 2.45) is 4.99 Å². The highest BCUT2D eigenvalue weighted by Crippen LogP contribution is 2.39. The molecule has 1 aliphatic carbocycles. The average Bonchev–Trinajstić information content (AvgIpc) is 2.64. The van der Waals surface area contributed by atoms with Gasteiger partial charge in [0.25, 0.3) is 0 Å². The Morgan fingerprint density at radius 1 is 1.05 bits per heavy atom. The number of nitriles is 1. The van der Waals surface area contributed by atoms with Crippen LogP contribution in [0.1, 0.15) is 54.5 Å². The van der Waals surface area contributed by atoms with Crippen molar-refractivity contribution < 1.29 is 0 Å². The maximum absolute atomic E-state index is 9.41. The molecule has 0 atom stereocenters. The van der Waals surface area contributed by atoms with Gasteiger partial charge < -0.3 is 4.90 Å². The Kier molecular flexibility index (Phi) is 4.37. The van der Waals surface area contributed by atoms with Gasteiger partial charge in [-0.25, -0.2) is 4.99 Å². The lowest BCUT2D eigenvalue weighted by Gasteiger charge is -2.15. The van der Waals surface area contributed by atoms with Crippen LogP contribution in [0, 0.1) is 11.3 Å². The molecule has 1 saturated heterocycles. The molecule has 1 aromatic heterocycles. The summed E-state index contributed by atoms with van der Waals surface area (Å²) in [5.41, 5.74) is 2.13. The lowest BCUT2D eigenvalue weighted by atomic mass is 9.96. The van der Waals surface area contributed by atoms with E-state index >= 15 is 0 Å². The minimum Gasteiger partial charge on any atom is -0.363 e. The number of thiophene rings is 1.